The van der Waals surface area contributed by atoms with Crippen LogP contribution < -0.4 is 5.32 Å². The number of carboxylic acid groups (broad SMARTS) is 1. The highest BCUT2D eigenvalue weighted by molar-refractivity contribution is 8.00. The lowest BCUT2D eigenvalue weighted by Crippen LogP contribution is -2.15. The summed E-state index contributed by atoms with van der Waals surface area (Å²) in [7, 11) is 0. The minimum absolute atomic E-state index is 0.132. The molecule has 0 aliphatic rings. The summed E-state index contributed by atoms with van der Waals surface area (Å²) in [5.41, 5.74) is 0.243. The summed E-state index contributed by atoms with van der Waals surface area (Å²) in [5, 5.41) is 19.5. The van der Waals surface area contributed by atoms with Gasteiger partial charge < -0.3 is 10.4 Å². The van der Waals surface area contributed by atoms with Gasteiger partial charge in [-0.3, -0.25) is 4.79 Å². The first-order valence-electron chi connectivity index (χ1n) is 4.57. The van der Waals surface area contributed by atoms with Gasteiger partial charge in [-0.05, 0) is 12.1 Å². The molecule has 6 nitrogen and oxygen atoms in total. The van der Waals surface area contributed by atoms with Gasteiger partial charge >= 0.3 is 5.97 Å². The summed E-state index contributed by atoms with van der Waals surface area (Å²) in [5.74, 6) is -1.05. The van der Waals surface area contributed by atoms with Gasteiger partial charge in [-0.15, -0.1) is 11.8 Å². The number of amides is 1. The SMILES string of the molecule is N#CCSCC(=O)Nc1ccnc(C(=O)O)c1. The van der Waals surface area contributed by atoms with Crippen LogP contribution in [0.2, 0.25) is 0 Å². The number of nitriles is 1. The van der Waals surface area contributed by atoms with Crippen molar-refractivity contribution in [2.24, 2.45) is 0 Å². The monoisotopic (exact) mass is 251 g/mol. The number of nitrogens with one attached hydrogen (secondary N) is 1. The fraction of sp³-hybridized carbons (Fsp3) is 0.200. The average Bonchev–Trinajstić information content (AvgIpc) is 2.29. The number of aromatic nitrogens is 1. The van der Waals surface area contributed by atoms with Crippen molar-refractivity contribution in [3.05, 3.63) is 24.0 Å². The molecule has 1 amide bonds. The Morgan fingerprint density at radius 3 is 3.00 bits per heavy atom. The van der Waals surface area contributed by atoms with Crippen molar-refractivity contribution in [3.8, 4) is 6.07 Å². The molecule has 0 radical (unpaired) electrons. The fourth-order valence-corrected chi connectivity index (χ4v) is 1.46. The number of aromatic carboxylic acids is 1. The van der Waals surface area contributed by atoms with Gasteiger partial charge in [-0.2, -0.15) is 5.26 Å². The minimum Gasteiger partial charge on any atom is -0.477 e. The molecule has 1 rings (SSSR count). The summed E-state index contributed by atoms with van der Waals surface area (Å²) in [4.78, 5) is 25.6. The minimum atomic E-state index is -1.15. The van der Waals surface area contributed by atoms with Crippen LogP contribution in [0.1, 0.15) is 10.5 Å². The van der Waals surface area contributed by atoms with Crippen LogP contribution in [0.15, 0.2) is 18.3 Å². The van der Waals surface area contributed by atoms with E-state index in [0.29, 0.717) is 5.69 Å². The maximum atomic E-state index is 11.4. The van der Waals surface area contributed by atoms with E-state index in [9.17, 15) is 9.59 Å². The van der Waals surface area contributed by atoms with E-state index in [0.717, 1.165) is 0 Å². The maximum absolute atomic E-state index is 11.4. The number of hydrogen-bond acceptors (Lipinski definition) is 5. The molecule has 0 atom stereocenters. The quantitative estimate of drug-likeness (QED) is 0.756. The third-order valence-corrected chi connectivity index (χ3v) is 2.46. The van der Waals surface area contributed by atoms with E-state index >= 15 is 0 Å². The van der Waals surface area contributed by atoms with Crippen LogP contribution in [-0.4, -0.2) is 33.5 Å². The molecule has 0 saturated heterocycles. The van der Waals surface area contributed by atoms with Crippen LogP contribution in [0, 0.1) is 11.3 Å². The molecule has 1 aromatic heterocycles. The number of anilines is 1. The molecule has 0 aliphatic carbocycles. The molecular weight excluding hydrogens is 242 g/mol. The standard InChI is InChI=1S/C10H9N3O3S/c11-2-4-17-6-9(14)13-7-1-3-12-8(5-7)10(15)16/h1,3,5H,4,6H2,(H,15,16)(H,12,13,14). The van der Waals surface area contributed by atoms with Crippen molar-refractivity contribution in [3.63, 3.8) is 0 Å². The Hall–Kier alpha value is -2.07. The third kappa shape index (κ3) is 4.53. The zero-order valence-corrected chi connectivity index (χ0v) is 9.53. The van der Waals surface area contributed by atoms with Crippen LogP contribution in [0.4, 0.5) is 5.69 Å². The molecule has 0 saturated carbocycles. The van der Waals surface area contributed by atoms with Gasteiger partial charge in [0, 0.05) is 11.9 Å². The van der Waals surface area contributed by atoms with Crippen molar-refractivity contribution in [2.45, 2.75) is 0 Å². The zero-order valence-electron chi connectivity index (χ0n) is 8.71. The van der Waals surface area contributed by atoms with Crippen molar-refractivity contribution in [1.82, 2.24) is 4.98 Å². The lowest BCUT2D eigenvalue weighted by atomic mass is 10.3. The molecule has 0 aromatic carbocycles. The van der Waals surface area contributed by atoms with Gasteiger partial charge in [-0.25, -0.2) is 9.78 Å². The molecule has 1 aromatic rings. The van der Waals surface area contributed by atoms with Gasteiger partial charge in [0.25, 0.3) is 0 Å². The Balaban J connectivity index is 2.57. The Labute approximate surface area is 102 Å². The Morgan fingerprint density at radius 1 is 1.59 bits per heavy atom. The van der Waals surface area contributed by atoms with Crippen LogP contribution in [0.25, 0.3) is 0 Å². The van der Waals surface area contributed by atoms with Gasteiger partial charge in [0.1, 0.15) is 5.69 Å². The predicted octanol–water partition coefficient (Wildman–Crippen LogP) is 0.975. The molecule has 0 unspecified atom stereocenters. The molecular formula is C10H9N3O3S. The molecule has 0 aliphatic heterocycles. The number of hydrogen-bond donors (Lipinski definition) is 2. The molecule has 0 bridgehead atoms. The number of carboxylic acids is 1. The summed E-state index contributed by atoms with van der Waals surface area (Å²) in [6.07, 6.45) is 1.31. The van der Waals surface area contributed by atoms with Crippen molar-refractivity contribution >= 4 is 29.3 Å². The number of carbonyl (C=O) groups is 2. The van der Waals surface area contributed by atoms with E-state index < -0.39 is 5.97 Å². The summed E-state index contributed by atoms with van der Waals surface area (Å²) in [6.45, 7) is 0. The van der Waals surface area contributed by atoms with E-state index in [1.165, 1.54) is 30.1 Å². The third-order valence-electron chi connectivity index (χ3n) is 1.66. The molecule has 88 valence electrons. The van der Waals surface area contributed by atoms with E-state index in [4.69, 9.17) is 10.4 Å². The van der Waals surface area contributed by atoms with Crippen LogP contribution >= 0.6 is 11.8 Å². The predicted molar refractivity (Wildman–Crippen MR) is 62.8 cm³/mol. The normalized spacial score (nSPS) is 9.35. The fourth-order valence-electron chi connectivity index (χ4n) is 1.01. The molecule has 7 heteroatoms. The molecule has 17 heavy (non-hydrogen) atoms. The van der Waals surface area contributed by atoms with Crippen molar-refractivity contribution < 1.29 is 14.7 Å². The second-order valence-corrected chi connectivity index (χ2v) is 3.92. The molecule has 0 fully saturated rings. The highest BCUT2D eigenvalue weighted by Gasteiger charge is 2.07. The lowest BCUT2D eigenvalue weighted by Gasteiger charge is -2.04. The number of nitrogens with zero attached hydrogens (tertiary/aromatic N) is 2. The number of carbonyl (C=O) groups excluding carboxylic acids is 1. The van der Waals surface area contributed by atoms with Gasteiger partial charge in [-0.1, -0.05) is 0 Å². The first kappa shape index (κ1) is 13.0. The lowest BCUT2D eigenvalue weighted by molar-refractivity contribution is -0.113. The van der Waals surface area contributed by atoms with E-state index in [1.54, 1.807) is 0 Å². The molecule has 1 heterocycles. The van der Waals surface area contributed by atoms with E-state index in [-0.39, 0.29) is 23.1 Å². The Morgan fingerprint density at radius 2 is 2.35 bits per heavy atom. The summed E-state index contributed by atoms with van der Waals surface area (Å²) in [6, 6.07) is 4.68. The maximum Gasteiger partial charge on any atom is 0.354 e. The second kappa shape index (κ2) is 6.50. The van der Waals surface area contributed by atoms with Crippen LogP contribution in [-0.2, 0) is 4.79 Å². The number of rotatable bonds is 5. The Kier molecular flexibility index (Phi) is 4.97. The van der Waals surface area contributed by atoms with Crippen LogP contribution in [0.3, 0.4) is 0 Å². The number of thioether (sulfide) groups is 1. The largest absolute Gasteiger partial charge is 0.477 e. The Bertz CT molecular complexity index is 470. The van der Waals surface area contributed by atoms with Gasteiger partial charge in [0.05, 0.1) is 17.6 Å². The second-order valence-electron chi connectivity index (χ2n) is 2.93. The van der Waals surface area contributed by atoms with Gasteiger partial charge in [0.2, 0.25) is 5.91 Å². The first-order chi connectivity index (χ1) is 8.13. The van der Waals surface area contributed by atoms with Crippen LogP contribution in [0.5, 0.6) is 0 Å². The number of pyridine rings is 1. The highest BCUT2D eigenvalue weighted by atomic mass is 32.2. The van der Waals surface area contributed by atoms with Crippen molar-refractivity contribution in [2.75, 3.05) is 16.8 Å². The highest BCUT2D eigenvalue weighted by Crippen LogP contribution is 2.09. The van der Waals surface area contributed by atoms with E-state index in [1.807, 2.05) is 6.07 Å². The average molecular weight is 251 g/mol. The molecule has 2 N–H and O–H groups in total. The first-order valence-corrected chi connectivity index (χ1v) is 5.73. The zero-order chi connectivity index (χ0) is 12.7. The topological polar surface area (TPSA) is 103 Å². The van der Waals surface area contributed by atoms with E-state index in [2.05, 4.69) is 10.3 Å². The van der Waals surface area contributed by atoms with Gasteiger partial charge in [0.15, 0.2) is 0 Å². The summed E-state index contributed by atoms with van der Waals surface area (Å²) < 4.78 is 0. The smallest absolute Gasteiger partial charge is 0.354 e. The molecule has 0 spiro atoms. The summed E-state index contributed by atoms with van der Waals surface area (Å²) >= 11 is 1.19. The van der Waals surface area contributed by atoms with Crippen molar-refractivity contribution in [1.29, 1.82) is 5.26 Å².